The van der Waals surface area contributed by atoms with Gasteiger partial charge in [0.25, 0.3) is 0 Å². The second-order valence-electron chi connectivity index (χ2n) is 9.21. The Balaban J connectivity index is 0.00000363. The van der Waals surface area contributed by atoms with Gasteiger partial charge < -0.3 is 18.1 Å². The highest BCUT2D eigenvalue weighted by atomic mass is 35.5. The van der Waals surface area contributed by atoms with Gasteiger partial charge in [-0.2, -0.15) is 0 Å². The Hall–Kier alpha value is -2.09. The number of halogens is 1. The molecule has 0 aliphatic rings. The minimum Gasteiger partial charge on any atom is -1.00 e. The average molecular weight is 450 g/mol. The minimum absolute atomic E-state index is 0. The maximum atomic E-state index is 3.97. The fourth-order valence-corrected chi connectivity index (χ4v) is 4.92. The molecule has 3 aromatic rings. The van der Waals surface area contributed by atoms with Gasteiger partial charge in [-0.25, -0.2) is 0 Å². The summed E-state index contributed by atoms with van der Waals surface area (Å²) in [7, 11) is 0. The predicted molar refractivity (Wildman–Crippen MR) is 133 cm³/mol. The molecule has 0 amide bonds. The van der Waals surface area contributed by atoms with Crippen molar-refractivity contribution in [2.45, 2.75) is 64.2 Å². The highest BCUT2D eigenvalue weighted by molar-refractivity contribution is 5.24. The van der Waals surface area contributed by atoms with Crippen LogP contribution in [0.2, 0.25) is 0 Å². The fraction of sp³-hybridized carbons (Fsp3) is 0.400. The first-order chi connectivity index (χ1) is 15.3. The van der Waals surface area contributed by atoms with Crippen LogP contribution in [0.4, 0.5) is 0 Å². The molecule has 0 unspecified atom stereocenters. The van der Waals surface area contributed by atoms with Gasteiger partial charge in [-0.3, -0.25) is 0 Å². The minimum atomic E-state index is 0. The summed E-state index contributed by atoms with van der Waals surface area (Å²) in [4.78, 5) is 0. The lowest BCUT2D eigenvalue weighted by Gasteiger charge is -2.35. The van der Waals surface area contributed by atoms with E-state index >= 15 is 0 Å². The summed E-state index contributed by atoms with van der Waals surface area (Å²) in [5.41, 5.74) is 8.61. The van der Waals surface area contributed by atoms with Crippen LogP contribution in [0.15, 0.2) is 91.0 Å². The lowest BCUT2D eigenvalue weighted by atomic mass is 9.69. The first kappa shape index (κ1) is 26.2. The van der Waals surface area contributed by atoms with Crippen LogP contribution < -0.4 is 18.1 Å². The maximum Gasteiger partial charge on any atom is 0.0739 e. The fourth-order valence-electron chi connectivity index (χ4n) is 4.92. The number of rotatable bonds is 14. The molecule has 0 radical (unpaired) electrons. The maximum absolute atomic E-state index is 3.97. The molecule has 3 N–H and O–H groups in total. The third-order valence-electron chi connectivity index (χ3n) is 6.47. The van der Waals surface area contributed by atoms with Crippen LogP contribution >= 0.6 is 0 Å². The second-order valence-corrected chi connectivity index (χ2v) is 9.21. The molecule has 0 saturated carbocycles. The molecule has 172 valence electrons. The largest absolute Gasteiger partial charge is 1.00 e. The highest BCUT2D eigenvalue weighted by Crippen LogP contribution is 2.37. The van der Waals surface area contributed by atoms with Crippen molar-refractivity contribution in [2.75, 3.05) is 6.54 Å². The zero-order valence-electron chi connectivity index (χ0n) is 19.5. The van der Waals surface area contributed by atoms with Gasteiger partial charge in [0.15, 0.2) is 0 Å². The molecule has 0 fully saturated rings. The average Bonchev–Trinajstić information content (AvgIpc) is 2.80. The van der Waals surface area contributed by atoms with E-state index in [9.17, 15) is 0 Å². The summed E-state index contributed by atoms with van der Waals surface area (Å²) >= 11 is 0. The van der Waals surface area contributed by atoms with Gasteiger partial charge in [0.2, 0.25) is 0 Å². The number of hydrogen-bond acceptors (Lipinski definition) is 0. The van der Waals surface area contributed by atoms with Crippen LogP contribution in [0, 0.1) is 5.41 Å². The van der Waals surface area contributed by atoms with E-state index in [1.807, 2.05) is 0 Å². The molecule has 0 aliphatic carbocycles. The normalized spacial score (nSPS) is 11.2. The number of hydrogen-bond donors (Lipinski definition) is 1. The Morgan fingerprint density at radius 3 is 1.19 bits per heavy atom. The van der Waals surface area contributed by atoms with Crippen molar-refractivity contribution in [3.05, 3.63) is 108 Å². The van der Waals surface area contributed by atoms with Gasteiger partial charge in [0, 0.05) is 0 Å². The summed E-state index contributed by atoms with van der Waals surface area (Å²) in [5, 5.41) is 0. The second kappa shape index (κ2) is 14.9. The van der Waals surface area contributed by atoms with Crippen molar-refractivity contribution in [3.63, 3.8) is 0 Å². The molecule has 0 saturated heterocycles. The smallest absolute Gasteiger partial charge is 0.0739 e. The Kier molecular flexibility index (Phi) is 12.2. The van der Waals surface area contributed by atoms with Gasteiger partial charge >= 0.3 is 0 Å². The molecule has 0 bridgehead atoms. The lowest BCUT2D eigenvalue weighted by Crippen LogP contribution is -3.00. The molecular weight excluding hydrogens is 410 g/mol. The Morgan fingerprint density at radius 1 is 0.469 bits per heavy atom. The molecule has 3 aromatic carbocycles. The molecule has 0 heterocycles. The van der Waals surface area contributed by atoms with E-state index in [4.69, 9.17) is 0 Å². The summed E-state index contributed by atoms with van der Waals surface area (Å²) in [6, 6.07) is 33.4. The van der Waals surface area contributed by atoms with Gasteiger partial charge in [-0.1, -0.05) is 117 Å². The van der Waals surface area contributed by atoms with Crippen LogP contribution in [-0.4, -0.2) is 6.54 Å². The van der Waals surface area contributed by atoms with Crippen molar-refractivity contribution >= 4 is 0 Å². The monoisotopic (exact) mass is 449 g/mol. The van der Waals surface area contributed by atoms with Crippen LogP contribution in [0.1, 0.15) is 61.6 Å². The number of benzene rings is 3. The van der Waals surface area contributed by atoms with Gasteiger partial charge in [0.1, 0.15) is 0 Å². The molecule has 2 heteroatoms. The van der Waals surface area contributed by atoms with Gasteiger partial charge in [-0.15, -0.1) is 0 Å². The molecule has 0 aliphatic heterocycles. The highest BCUT2D eigenvalue weighted by Gasteiger charge is 2.30. The zero-order valence-corrected chi connectivity index (χ0v) is 20.3. The zero-order chi connectivity index (χ0) is 21.6. The van der Waals surface area contributed by atoms with E-state index in [0.29, 0.717) is 0 Å². The summed E-state index contributed by atoms with van der Waals surface area (Å²) in [5.74, 6) is 0. The van der Waals surface area contributed by atoms with Crippen LogP contribution in [0.25, 0.3) is 0 Å². The number of quaternary nitrogens is 1. The van der Waals surface area contributed by atoms with Crippen molar-refractivity contribution in [1.82, 2.24) is 0 Å². The molecule has 1 nitrogen and oxygen atoms in total. The van der Waals surface area contributed by atoms with E-state index < -0.39 is 0 Å². The SMILES string of the molecule is [Cl-].[NH3+]CCCCCCCCC(Cc1ccccc1)(Cc1ccccc1)Cc1ccccc1. The van der Waals surface area contributed by atoms with Gasteiger partial charge in [-0.05, 0) is 60.6 Å². The van der Waals surface area contributed by atoms with E-state index in [1.54, 1.807) is 0 Å². The van der Waals surface area contributed by atoms with Crippen LogP contribution in [0.3, 0.4) is 0 Å². The van der Waals surface area contributed by atoms with Crippen molar-refractivity contribution < 1.29 is 18.1 Å². The van der Waals surface area contributed by atoms with Crippen molar-refractivity contribution in [3.8, 4) is 0 Å². The first-order valence-corrected chi connectivity index (χ1v) is 12.2. The van der Waals surface area contributed by atoms with E-state index in [-0.39, 0.29) is 17.8 Å². The van der Waals surface area contributed by atoms with E-state index in [1.165, 1.54) is 61.6 Å². The van der Waals surface area contributed by atoms with Gasteiger partial charge in [0.05, 0.1) is 6.54 Å². The summed E-state index contributed by atoms with van der Waals surface area (Å²) in [6.07, 6.45) is 12.7. The Morgan fingerprint density at radius 2 is 0.812 bits per heavy atom. The molecule has 32 heavy (non-hydrogen) atoms. The summed E-state index contributed by atoms with van der Waals surface area (Å²) < 4.78 is 0. The molecule has 0 aromatic heterocycles. The quantitative estimate of drug-likeness (QED) is 0.363. The third-order valence-corrected chi connectivity index (χ3v) is 6.47. The third kappa shape index (κ3) is 9.18. The van der Waals surface area contributed by atoms with Crippen molar-refractivity contribution in [2.24, 2.45) is 5.41 Å². The summed E-state index contributed by atoms with van der Waals surface area (Å²) in [6.45, 7) is 1.08. The Labute approximate surface area is 201 Å². The van der Waals surface area contributed by atoms with E-state index in [0.717, 1.165) is 25.8 Å². The van der Waals surface area contributed by atoms with Crippen LogP contribution in [-0.2, 0) is 19.3 Å². The van der Waals surface area contributed by atoms with E-state index in [2.05, 4.69) is 96.7 Å². The molecule has 0 spiro atoms. The number of unbranched alkanes of at least 4 members (excludes halogenated alkanes) is 5. The predicted octanol–water partition coefficient (Wildman–Crippen LogP) is 3.68. The van der Waals surface area contributed by atoms with Crippen LogP contribution in [0.5, 0.6) is 0 Å². The first-order valence-electron chi connectivity index (χ1n) is 12.2. The standard InChI is InChI=1S/C30H39N.ClH/c31-23-15-4-2-1-3-14-22-30(24-27-16-8-5-9-17-27,25-28-18-10-6-11-19-28)26-29-20-12-7-13-21-29;/h5-13,16-21H,1-4,14-15,22-26,31H2;1H. The topological polar surface area (TPSA) is 27.6 Å². The lowest BCUT2D eigenvalue weighted by molar-refractivity contribution is -0.368. The Bertz CT molecular complexity index is 731. The molecular formula is C30H40ClN. The molecule has 3 rings (SSSR count). The van der Waals surface area contributed by atoms with Crippen molar-refractivity contribution in [1.29, 1.82) is 0 Å². The molecule has 0 atom stereocenters.